The van der Waals surface area contributed by atoms with Crippen LogP contribution in [0.1, 0.15) is 5.82 Å². The first kappa shape index (κ1) is 11.6. The van der Waals surface area contributed by atoms with Crippen LogP contribution in [-0.2, 0) is 6.42 Å². The number of hydrogen-bond donors (Lipinski definition) is 2. The Morgan fingerprint density at radius 1 is 1.28 bits per heavy atom. The van der Waals surface area contributed by atoms with Crippen molar-refractivity contribution in [2.24, 2.45) is 0 Å². The van der Waals surface area contributed by atoms with Crippen LogP contribution >= 0.6 is 0 Å². The smallest absolute Gasteiger partial charge is 0.151 e. The Hall–Kier alpha value is -1.46. The predicted octanol–water partition coefficient (Wildman–Crippen LogP) is 1.15. The number of nitrogens with zero attached hydrogens (tertiary/aromatic N) is 2. The van der Waals surface area contributed by atoms with Crippen LogP contribution in [0.5, 0.6) is 0 Å². The summed E-state index contributed by atoms with van der Waals surface area (Å²) in [5, 5.41) is 3.33. The summed E-state index contributed by atoms with van der Waals surface area (Å²) in [5.41, 5.74) is 1.23. The van der Waals surface area contributed by atoms with Crippen LogP contribution in [-0.4, -0.2) is 47.6 Å². The summed E-state index contributed by atoms with van der Waals surface area (Å²) in [4.78, 5) is 9.91. The second kappa shape index (κ2) is 5.04. The molecule has 5 heteroatoms. The van der Waals surface area contributed by atoms with Gasteiger partial charge in [0.1, 0.15) is 11.3 Å². The molecule has 0 aliphatic carbocycles. The van der Waals surface area contributed by atoms with Crippen molar-refractivity contribution < 1.29 is 4.39 Å². The molecule has 2 N–H and O–H groups in total. The van der Waals surface area contributed by atoms with Crippen molar-refractivity contribution in [3.05, 3.63) is 29.8 Å². The first-order chi connectivity index (χ1) is 8.83. The normalized spacial score (nSPS) is 17.4. The lowest BCUT2D eigenvalue weighted by Crippen LogP contribution is -2.44. The van der Waals surface area contributed by atoms with Gasteiger partial charge in [-0.25, -0.2) is 9.37 Å². The van der Waals surface area contributed by atoms with Gasteiger partial charge < -0.3 is 15.2 Å². The Labute approximate surface area is 105 Å². The van der Waals surface area contributed by atoms with E-state index in [1.807, 2.05) is 6.07 Å². The Morgan fingerprint density at radius 2 is 2.11 bits per heavy atom. The van der Waals surface area contributed by atoms with Gasteiger partial charge in [0.25, 0.3) is 0 Å². The molecule has 96 valence electrons. The number of imidazole rings is 1. The quantitative estimate of drug-likeness (QED) is 0.856. The number of H-pyrrole nitrogens is 1. The topological polar surface area (TPSA) is 44.0 Å². The minimum atomic E-state index is -0.253. The van der Waals surface area contributed by atoms with Gasteiger partial charge in [0, 0.05) is 39.1 Å². The molecule has 0 atom stereocenters. The summed E-state index contributed by atoms with van der Waals surface area (Å²) in [6, 6.07) is 5.01. The number of fused-ring (bicyclic) bond motifs is 1. The average molecular weight is 248 g/mol. The third-order valence-corrected chi connectivity index (χ3v) is 3.39. The van der Waals surface area contributed by atoms with E-state index in [0.717, 1.165) is 50.5 Å². The average Bonchev–Trinajstić information content (AvgIpc) is 2.82. The summed E-state index contributed by atoms with van der Waals surface area (Å²) in [6.07, 6.45) is 0.841. The van der Waals surface area contributed by atoms with Gasteiger partial charge in [0.05, 0.1) is 5.52 Å². The monoisotopic (exact) mass is 248 g/mol. The molecule has 3 rings (SSSR count). The Morgan fingerprint density at radius 3 is 2.89 bits per heavy atom. The van der Waals surface area contributed by atoms with E-state index in [-0.39, 0.29) is 5.82 Å². The number of aromatic amines is 1. The maximum absolute atomic E-state index is 13.5. The van der Waals surface area contributed by atoms with Crippen LogP contribution in [0.15, 0.2) is 18.2 Å². The fourth-order valence-corrected chi connectivity index (χ4v) is 2.37. The van der Waals surface area contributed by atoms with E-state index in [1.165, 1.54) is 6.07 Å². The SMILES string of the molecule is Fc1cccc2[nH]c(CCN3CCNCC3)nc12. The molecule has 0 bridgehead atoms. The number of piperazine rings is 1. The highest BCUT2D eigenvalue weighted by molar-refractivity contribution is 5.75. The number of rotatable bonds is 3. The second-order valence-corrected chi connectivity index (χ2v) is 4.66. The van der Waals surface area contributed by atoms with Gasteiger partial charge in [-0.05, 0) is 12.1 Å². The highest BCUT2D eigenvalue weighted by Crippen LogP contribution is 2.15. The number of para-hydroxylation sites is 1. The van der Waals surface area contributed by atoms with Crippen molar-refractivity contribution >= 4 is 11.0 Å². The summed E-state index contributed by atoms with van der Waals surface area (Å²) >= 11 is 0. The van der Waals surface area contributed by atoms with Gasteiger partial charge in [-0.3, -0.25) is 0 Å². The molecule has 18 heavy (non-hydrogen) atoms. The van der Waals surface area contributed by atoms with Crippen molar-refractivity contribution in [1.82, 2.24) is 20.2 Å². The molecule has 1 aliphatic heterocycles. The lowest BCUT2D eigenvalue weighted by Gasteiger charge is -2.26. The van der Waals surface area contributed by atoms with Crippen molar-refractivity contribution in [3.63, 3.8) is 0 Å². The van der Waals surface area contributed by atoms with Gasteiger partial charge in [-0.2, -0.15) is 0 Å². The molecule has 0 saturated carbocycles. The largest absolute Gasteiger partial charge is 0.342 e. The molecule has 1 aromatic carbocycles. The number of nitrogens with one attached hydrogen (secondary N) is 2. The zero-order valence-electron chi connectivity index (χ0n) is 10.2. The molecule has 1 aliphatic rings. The number of halogens is 1. The minimum Gasteiger partial charge on any atom is -0.342 e. The first-order valence-electron chi connectivity index (χ1n) is 6.39. The highest BCUT2D eigenvalue weighted by atomic mass is 19.1. The molecule has 2 aromatic rings. The molecule has 2 heterocycles. The number of hydrogen-bond acceptors (Lipinski definition) is 3. The van der Waals surface area contributed by atoms with Crippen molar-refractivity contribution in [1.29, 1.82) is 0 Å². The number of aromatic nitrogens is 2. The summed E-state index contributed by atoms with van der Waals surface area (Å²) in [5.74, 6) is 0.616. The lowest BCUT2D eigenvalue weighted by atomic mass is 10.3. The lowest BCUT2D eigenvalue weighted by molar-refractivity contribution is 0.242. The number of benzene rings is 1. The molecule has 0 amide bonds. The van der Waals surface area contributed by atoms with Crippen LogP contribution in [0.2, 0.25) is 0 Å². The molecule has 1 aromatic heterocycles. The highest BCUT2D eigenvalue weighted by Gasteiger charge is 2.11. The molecule has 0 spiro atoms. The summed E-state index contributed by atoms with van der Waals surface area (Å²) in [6.45, 7) is 5.23. The zero-order valence-corrected chi connectivity index (χ0v) is 10.2. The van der Waals surface area contributed by atoms with Crippen molar-refractivity contribution in [2.75, 3.05) is 32.7 Å². The van der Waals surface area contributed by atoms with Gasteiger partial charge >= 0.3 is 0 Å². The van der Waals surface area contributed by atoms with Crippen LogP contribution in [0, 0.1) is 5.82 Å². The Kier molecular flexibility index (Phi) is 3.25. The van der Waals surface area contributed by atoms with Crippen LogP contribution in [0.25, 0.3) is 11.0 Å². The minimum absolute atomic E-state index is 0.253. The van der Waals surface area contributed by atoms with Gasteiger partial charge in [0.15, 0.2) is 5.82 Å². The van der Waals surface area contributed by atoms with Gasteiger partial charge in [-0.15, -0.1) is 0 Å². The molecule has 0 unspecified atom stereocenters. The fraction of sp³-hybridized carbons (Fsp3) is 0.462. The molecular weight excluding hydrogens is 231 g/mol. The van der Waals surface area contributed by atoms with E-state index < -0.39 is 0 Å². The van der Waals surface area contributed by atoms with Crippen molar-refractivity contribution in [2.45, 2.75) is 6.42 Å². The maximum Gasteiger partial charge on any atom is 0.151 e. The molecule has 0 radical (unpaired) electrons. The zero-order chi connectivity index (χ0) is 12.4. The Balaban J connectivity index is 1.69. The molecule has 1 saturated heterocycles. The third-order valence-electron chi connectivity index (χ3n) is 3.39. The van der Waals surface area contributed by atoms with E-state index >= 15 is 0 Å². The van der Waals surface area contributed by atoms with Crippen LogP contribution < -0.4 is 5.32 Å². The van der Waals surface area contributed by atoms with Gasteiger partial charge in [-0.1, -0.05) is 6.07 Å². The maximum atomic E-state index is 13.5. The Bertz CT molecular complexity index is 531. The van der Waals surface area contributed by atoms with E-state index in [0.29, 0.717) is 5.52 Å². The standard InChI is InChI=1S/C13H17FN4/c14-10-2-1-3-11-13(10)17-12(16-11)4-7-18-8-5-15-6-9-18/h1-3,15H,4-9H2,(H,16,17). The summed E-state index contributed by atoms with van der Waals surface area (Å²) < 4.78 is 13.5. The molecule has 4 nitrogen and oxygen atoms in total. The van der Waals surface area contributed by atoms with Gasteiger partial charge in [0.2, 0.25) is 0 Å². The fourth-order valence-electron chi connectivity index (χ4n) is 2.37. The van der Waals surface area contributed by atoms with E-state index in [2.05, 4.69) is 20.2 Å². The summed E-state index contributed by atoms with van der Waals surface area (Å²) in [7, 11) is 0. The van der Waals surface area contributed by atoms with E-state index in [4.69, 9.17) is 0 Å². The predicted molar refractivity (Wildman–Crippen MR) is 69.1 cm³/mol. The molecular formula is C13H17FN4. The van der Waals surface area contributed by atoms with Crippen molar-refractivity contribution in [3.8, 4) is 0 Å². The van der Waals surface area contributed by atoms with E-state index in [9.17, 15) is 4.39 Å². The van der Waals surface area contributed by atoms with Crippen LogP contribution in [0.4, 0.5) is 4.39 Å². The third kappa shape index (κ3) is 2.37. The van der Waals surface area contributed by atoms with Crippen LogP contribution in [0.3, 0.4) is 0 Å². The van der Waals surface area contributed by atoms with E-state index in [1.54, 1.807) is 6.07 Å². The molecule has 1 fully saturated rings. The first-order valence-corrected chi connectivity index (χ1v) is 6.39. The second-order valence-electron chi connectivity index (χ2n) is 4.66.